The van der Waals surface area contributed by atoms with Crippen molar-refractivity contribution in [3.05, 3.63) is 77.3 Å². The molecule has 4 heterocycles. The predicted molar refractivity (Wildman–Crippen MR) is 140 cm³/mol. The number of ether oxygens (including phenoxy) is 1. The molecule has 0 unspecified atom stereocenters. The molecule has 0 spiro atoms. The van der Waals surface area contributed by atoms with E-state index in [4.69, 9.17) is 21.4 Å². The van der Waals surface area contributed by atoms with Crippen molar-refractivity contribution in [3.8, 4) is 11.3 Å². The van der Waals surface area contributed by atoms with Crippen LogP contribution in [-0.2, 0) is 4.74 Å². The van der Waals surface area contributed by atoms with Crippen molar-refractivity contribution < 1.29 is 19.1 Å². The molecule has 9 heteroatoms. The zero-order chi connectivity index (χ0) is 25.1. The summed E-state index contributed by atoms with van der Waals surface area (Å²) in [5.74, 6) is 0.549. The molecule has 5 rings (SSSR count). The smallest absolute Gasteiger partial charge is 0.335 e. The lowest BCUT2D eigenvalue weighted by Crippen LogP contribution is -2.38. The number of furan rings is 1. The van der Waals surface area contributed by atoms with Crippen LogP contribution in [0.3, 0.4) is 0 Å². The molecule has 2 N–H and O–H groups in total. The number of pyridine rings is 1. The van der Waals surface area contributed by atoms with Gasteiger partial charge in [0.1, 0.15) is 17.6 Å². The highest BCUT2D eigenvalue weighted by Crippen LogP contribution is 2.40. The summed E-state index contributed by atoms with van der Waals surface area (Å²) < 4.78 is 11.9. The first-order valence-corrected chi connectivity index (χ1v) is 12.6. The third-order valence-corrected chi connectivity index (χ3v) is 7.18. The van der Waals surface area contributed by atoms with E-state index in [2.05, 4.69) is 20.1 Å². The molecule has 2 saturated heterocycles. The van der Waals surface area contributed by atoms with E-state index < -0.39 is 5.97 Å². The fraction of sp³-hybridized carbons (Fsp3) is 0.370. The SMILES string of the molecule is Cc1cc(C(=O)O)ccc1-c1ccc([C@H]2[C@H](c3ccccn3)NC(=S)N2CCCN2CCOCC2)o1. The summed E-state index contributed by atoms with van der Waals surface area (Å²) in [6, 6.07) is 14.6. The average molecular weight is 507 g/mol. The quantitative estimate of drug-likeness (QED) is 0.439. The van der Waals surface area contributed by atoms with E-state index in [0.717, 1.165) is 68.4 Å². The van der Waals surface area contributed by atoms with Gasteiger partial charge in [0.05, 0.1) is 30.5 Å². The number of hydrogen-bond donors (Lipinski definition) is 2. The molecule has 0 radical (unpaired) electrons. The van der Waals surface area contributed by atoms with Crippen LogP contribution in [0.25, 0.3) is 11.3 Å². The highest BCUT2D eigenvalue weighted by atomic mass is 32.1. The lowest BCUT2D eigenvalue weighted by atomic mass is 10.0. The van der Waals surface area contributed by atoms with Gasteiger partial charge in [-0.05, 0) is 67.5 Å². The molecule has 8 nitrogen and oxygen atoms in total. The summed E-state index contributed by atoms with van der Waals surface area (Å²) >= 11 is 5.78. The first kappa shape index (κ1) is 24.4. The zero-order valence-corrected chi connectivity index (χ0v) is 21.0. The number of aryl methyl sites for hydroxylation is 1. The average Bonchev–Trinajstić information content (AvgIpc) is 3.50. The van der Waals surface area contributed by atoms with E-state index in [-0.39, 0.29) is 17.6 Å². The summed E-state index contributed by atoms with van der Waals surface area (Å²) in [6.45, 7) is 7.17. The number of morpholine rings is 1. The van der Waals surface area contributed by atoms with Gasteiger partial charge in [-0.3, -0.25) is 9.88 Å². The van der Waals surface area contributed by atoms with Crippen molar-refractivity contribution in [1.82, 2.24) is 20.1 Å². The first-order valence-electron chi connectivity index (χ1n) is 12.2. The monoisotopic (exact) mass is 506 g/mol. The first-order chi connectivity index (χ1) is 17.5. The second kappa shape index (κ2) is 10.8. The van der Waals surface area contributed by atoms with Gasteiger partial charge in [-0.1, -0.05) is 12.1 Å². The van der Waals surface area contributed by atoms with E-state index in [0.29, 0.717) is 10.9 Å². The number of nitrogens with one attached hydrogen (secondary N) is 1. The Labute approximate surface area is 215 Å². The minimum absolute atomic E-state index is 0.142. The van der Waals surface area contributed by atoms with E-state index in [9.17, 15) is 9.90 Å². The Morgan fingerprint density at radius 1 is 1.17 bits per heavy atom. The summed E-state index contributed by atoms with van der Waals surface area (Å²) in [7, 11) is 0. The van der Waals surface area contributed by atoms with Gasteiger partial charge in [-0.15, -0.1) is 0 Å². The summed E-state index contributed by atoms with van der Waals surface area (Å²) in [5.41, 5.74) is 2.88. The Kier molecular flexibility index (Phi) is 7.31. The molecule has 188 valence electrons. The van der Waals surface area contributed by atoms with Crippen molar-refractivity contribution in [2.24, 2.45) is 0 Å². The van der Waals surface area contributed by atoms with Crippen LogP contribution in [0.1, 0.15) is 45.9 Å². The lowest BCUT2D eigenvalue weighted by Gasteiger charge is -2.29. The van der Waals surface area contributed by atoms with Crippen LogP contribution in [0, 0.1) is 6.92 Å². The van der Waals surface area contributed by atoms with Crippen LogP contribution in [0.15, 0.2) is 59.1 Å². The van der Waals surface area contributed by atoms with Gasteiger partial charge in [0.25, 0.3) is 0 Å². The van der Waals surface area contributed by atoms with E-state index >= 15 is 0 Å². The van der Waals surface area contributed by atoms with Crippen LogP contribution in [0.2, 0.25) is 0 Å². The number of thiocarbonyl (C=S) groups is 1. The third-order valence-electron chi connectivity index (χ3n) is 6.83. The molecule has 2 aliphatic heterocycles. The lowest BCUT2D eigenvalue weighted by molar-refractivity contribution is 0.0365. The van der Waals surface area contributed by atoms with Crippen LogP contribution >= 0.6 is 12.2 Å². The van der Waals surface area contributed by atoms with Gasteiger partial charge in [0.2, 0.25) is 0 Å². The third kappa shape index (κ3) is 5.13. The predicted octanol–water partition coefficient (Wildman–Crippen LogP) is 4.04. The Balaban J connectivity index is 1.41. The number of aromatic nitrogens is 1. The number of rotatable bonds is 8. The van der Waals surface area contributed by atoms with E-state index in [1.807, 2.05) is 37.3 Å². The Bertz CT molecular complexity index is 1230. The topological polar surface area (TPSA) is 91.1 Å². The van der Waals surface area contributed by atoms with Gasteiger partial charge in [-0.25, -0.2) is 4.79 Å². The molecule has 0 amide bonds. The Morgan fingerprint density at radius 3 is 2.72 bits per heavy atom. The zero-order valence-electron chi connectivity index (χ0n) is 20.2. The maximum Gasteiger partial charge on any atom is 0.335 e. The van der Waals surface area contributed by atoms with Crippen LogP contribution in [0.4, 0.5) is 0 Å². The highest BCUT2D eigenvalue weighted by molar-refractivity contribution is 7.80. The van der Waals surface area contributed by atoms with Gasteiger partial charge in [-0.2, -0.15) is 0 Å². The van der Waals surface area contributed by atoms with E-state index in [1.165, 1.54) is 0 Å². The van der Waals surface area contributed by atoms with Crippen molar-refractivity contribution in [1.29, 1.82) is 0 Å². The minimum Gasteiger partial charge on any atom is -0.478 e. The molecule has 0 bridgehead atoms. The van der Waals surface area contributed by atoms with Gasteiger partial charge in [0.15, 0.2) is 5.11 Å². The second-order valence-corrected chi connectivity index (χ2v) is 9.55. The normalized spacial score (nSPS) is 20.5. The number of nitrogens with zero attached hydrogens (tertiary/aromatic N) is 3. The molecule has 0 aliphatic carbocycles. The van der Waals surface area contributed by atoms with Crippen LogP contribution in [-0.4, -0.2) is 70.4 Å². The van der Waals surface area contributed by atoms with E-state index in [1.54, 1.807) is 24.4 Å². The fourth-order valence-corrected chi connectivity index (χ4v) is 5.31. The van der Waals surface area contributed by atoms with Gasteiger partial charge < -0.3 is 24.5 Å². The molecule has 2 fully saturated rings. The maximum absolute atomic E-state index is 11.3. The molecule has 2 aromatic heterocycles. The number of carbonyl (C=O) groups is 1. The summed E-state index contributed by atoms with van der Waals surface area (Å²) in [6.07, 6.45) is 2.76. The largest absolute Gasteiger partial charge is 0.478 e. The van der Waals surface area contributed by atoms with Crippen molar-refractivity contribution in [3.63, 3.8) is 0 Å². The second-order valence-electron chi connectivity index (χ2n) is 9.16. The fourth-order valence-electron chi connectivity index (χ4n) is 4.97. The van der Waals surface area contributed by atoms with Crippen molar-refractivity contribution in [2.75, 3.05) is 39.4 Å². The van der Waals surface area contributed by atoms with Crippen LogP contribution in [0.5, 0.6) is 0 Å². The number of aromatic carboxylic acids is 1. The number of carboxylic acids is 1. The standard InChI is InChI=1S/C27H30N4O4S/c1-18-17-19(26(32)33)6-7-20(18)22-8-9-23(35-22)25-24(21-5-2-3-10-28-21)29-27(36)31(25)12-4-11-30-13-15-34-16-14-30/h2-3,5-10,17,24-25H,4,11-16H2,1H3,(H,29,36)(H,32,33)/t24-,25-/m0/s1. The minimum atomic E-state index is -0.943. The molecule has 3 aromatic rings. The molecule has 2 aliphatic rings. The van der Waals surface area contributed by atoms with Gasteiger partial charge >= 0.3 is 5.97 Å². The number of hydrogen-bond acceptors (Lipinski definition) is 6. The number of benzene rings is 1. The summed E-state index contributed by atoms with van der Waals surface area (Å²) in [4.78, 5) is 20.6. The van der Waals surface area contributed by atoms with Crippen LogP contribution < -0.4 is 5.32 Å². The maximum atomic E-state index is 11.3. The summed E-state index contributed by atoms with van der Waals surface area (Å²) in [5, 5.41) is 13.5. The Hall–Kier alpha value is -3.27. The molecule has 0 saturated carbocycles. The highest BCUT2D eigenvalue weighted by Gasteiger charge is 2.41. The molecule has 2 atom stereocenters. The molecular weight excluding hydrogens is 476 g/mol. The molecule has 36 heavy (non-hydrogen) atoms. The number of carboxylic acid groups (broad SMARTS) is 1. The Morgan fingerprint density at radius 2 is 2.00 bits per heavy atom. The van der Waals surface area contributed by atoms with Crippen molar-refractivity contribution >= 4 is 23.3 Å². The molecular formula is C27H30N4O4S. The molecule has 1 aromatic carbocycles. The van der Waals surface area contributed by atoms with Crippen molar-refractivity contribution in [2.45, 2.75) is 25.4 Å². The van der Waals surface area contributed by atoms with Gasteiger partial charge in [0, 0.05) is 37.9 Å².